The predicted octanol–water partition coefficient (Wildman–Crippen LogP) is 3.39. The lowest BCUT2D eigenvalue weighted by Gasteiger charge is -2.08. The maximum atomic E-state index is 11.1. The molecule has 0 saturated heterocycles. The number of hydrogen-bond acceptors (Lipinski definition) is 6. The van der Waals surface area contributed by atoms with Gasteiger partial charge in [-0.15, -0.1) is 0 Å². The van der Waals surface area contributed by atoms with Gasteiger partial charge in [0.1, 0.15) is 6.61 Å². The molecule has 0 unspecified atom stereocenters. The van der Waals surface area contributed by atoms with Crippen LogP contribution in [0.3, 0.4) is 0 Å². The summed E-state index contributed by atoms with van der Waals surface area (Å²) in [5.41, 5.74) is 1.22. The summed E-state index contributed by atoms with van der Waals surface area (Å²) < 4.78 is 9.25. The van der Waals surface area contributed by atoms with Crippen LogP contribution in [0.15, 0.2) is 37.4 Å². The topological polar surface area (TPSA) is 86.7 Å². The quantitative estimate of drug-likeness (QED) is 0.202. The Kier molecular flexibility index (Phi) is 21.9. The Morgan fingerprint density at radius 2 is 1.52 bits per heavy atom. The highest BCUT2D eigenvalue weighted by Gasteiger charge is 2.29. The molecule has 0 aromatic rings. The van der Waals surface area contributed by atoms with Crippen LogP contribution < -0.4 is 0 Å². The van der Waals surface area contributed by atoms with Gasteiger partial charge in [0.15, 0.2) is 17.5 Å². The molecule has 0 saturated carbocycles. The second-order valence-corrected chi connectivity index (χ2v) is 4.76. The number of carbonyl (C=O) groups excluding carboxylic acids is 4. The Labute approximate surface area is 154 Å². The number of ether oxygens (including phenoxy) is 2. The fourth-order valence-corrected chi connectivity index (χ4v) is 1.22. The Hall–Kier alpha value is -2.21. The van der Waals surface area contributed by atoms with E-state index in [0.717, 1.165) is 12.8 Å². The first kappa shape index (κ1) is 27.6. The van der Waals surface area contributed by atoms with Gasteiger partial charge >= 0.3 is 11.9 Å². The average Bonchev–Trinajstić information content (AvgIpc) is 2.53. The molecule has 0 fully saturated rings. The van der Waals surface area contributed by atoms with E-state index in [0.29, 0.717) is 6.61 Å². The van der Waals surface area contributed by atoms with Crippen LogP contribution >= 0.6 is 11.6 Å². The first-order valence-corrected chi connectivity index (χ1v) is 7.95. The van der Waals surface area contributed by atoms with E-state index in [1.807, 2.05) is 6.92 Å². The number of unbranched alkanes of at least 4 members (excludes halogenated alkanes) is 1. The monoisotopic (exact) mass is 374 g/mol. The van der Waals surface area contributed by atoms with Gasteiger partial charge in [-0.2, -0.15) is 0 Å². The van der Waals surface area contributed by atoms with Gasteiger partial charge < -0.3 is 9.47 Å². The first-order valence-electron chi connectivity index (χ1n) is 7.52. The molecule has 0 atom stereocenters. The molecular formula is C18H27ClO6. The zero-order chi connectivity index (χ0) is 20.3. The van der Waals surface area contributed by atoms with E-state index >= 15 is 0 Å². The van der Waals surface area contributed by atoms with Crippen LogP contribution in [0.4, 0.5) is 0 Å². The first-order chi connectivity index (χ1) is 11.7. The second kappa shape index (κ2) is 19.8. The molecular weight excluding hydrogens is 348 g/mol. The lowest BCUT2D eigenvalue weighted by molar-refractivity contribution is -0.153. The van der Waals surface area contributed by atoms with Crippen molar-refractivity contribution in [3.05, 3.63) is 37.4 Å². The zero-order valence-electron chi connectivity index (χ0n) is 15.1. The summed E-state index contributed by atoms with van der Waals surface area (Å²) in [7, 11) is 0. The summed E-state index contributed by atoms with van der Waals surface area (Å²) in [4.78, 5) is 43.1. The van der Waals surface area contributed by atoms with Crippen molar-refractivity contribution in [1.82, 2.24) is 0 Å². The summed E-state index contributed by atoms with van der Waals surface area (Å²) >= 11 is 4.76. The van der Waals surface area contributed by atoms with Gasteiger partial charge in [0.25, 0.3) is 0 Å². The number of esters is 2. The van der Waals surface area contributed by atoms with E-state index in [1.54, 1.807) is 0 Å². The highest BCUT2D eigenvalue weighted by atomic mass is 35.5. The van der Waals surface area contributed by atoms with Crippen molar-refractivity contribution in [3.63, 3.8) is 0 Å². The molecule has 0 aliphatic heterocycles. The molecule has 0 aromatic heterocycles. The third kappa shape index (κ3) is 19.7. The van der Waals surface area contributed by atoms with Gasteiger partial charge in [-0.05, 0) is 25.8 Å². The molecule has 0 rings (SSSR count). The fraction of sp³-hybridized carbons (Fsp3) is 0.444. The number of carbonyl (C=O) groups is 4. The summed E-state index contributed by atoms with van der Waals surface area (Å²) in [6.07, 6.45) is 4.52. The van der Waals surface area contributed by atoms with Crippen LogP contribution in [0.5, 0.6) is 0 Å². The van der Waals surface area contributed by atoms with Gasteiger partial charge in [-0.25, -0.2) is 4.79 Å². The second-order valence-electron chi connectivity index (χ2n) is 4.45. The van der Waals surface area contributed by atoms with Gasteiger partial charge in [0.05, 0.1) is 6.61 Å². The van der Waals surface area contributed by atoms with Gasteiger partial charge in [0.2, 0.25) is 0 Å². The Balaban J connectivity index is -0.000000350. The molecule has 0 aliphatic carbocycles. The molecule has 0 aromatic carbocycles. The summed E-state index contributed by atoms with van der Waals surface area (Å²) in [6.45, 7) is 14.7. The lowest BCUT2D eigenvalue weighted by atomic mass is 10.0. The van der Waals surface area contributed by atoms with Crippen LogP contribution in [0.2, 0.25) is 0 Å². The Morgan fingerprint density at radius 3 is 1.84 bits per heavy atom. The summed E-state index contributed by atoms with van der Waals surface area (Å²) in [6, 6.07) is 0. The number of Topliss-reactive ketones (excluding diaryl/α,β-unsaturated/α-hetero) is 2. The highest BCUT2D eigenvalue weighted by molar-refractivity contribution is 6.25. The zero-order valence-corrected chi connectivity index (χ0v) is 15.8. The van der Waals surface area contributed by atoms with Crippen molar-refractivity contribution in [2.75, 3.05) is 13.2 Å². The minimum Gasteiger partial charge on any atom is -0.463 e. The fourth-order valence-electron chi connectivity index (χ4n) is 1.22. The van der Waals surface area contributed by atoms with E-state index in [4.69, 9.17) is 11.6 Å². The molecule has 0 heterocycles. The van der Waals surface area contributed by atoms with E-state index < -0.39 is 23.5 Å². The molecule has 0 spiro atoms. The standard InChI is InChI=1S/C9H12O4.C7H12O2.C2H3Cl/c1-4-5-13-9(12)8(6(2)10)7(3)11;1-3-5-6-9-7(8)4-2;1-2-3/h4,8H,1,5H2,2-3H3;4H,2-3,5-6H2,1H3;2H,1H2. The van der Waals surface area contributed by atoms with Crippen LogP contribution in [0.25, 0.3) is 0 Å². The molecule has 6 nitrogen and oxygen atoms in total. The Morgan fingerprint density at radius 1 is 1.04 bits per heavy atom. The van der Waals surface area contributed by atoms with Crippen LogP contribution in [0.1, 0.15) is 33.6 Å². The van der Waals surface area contributed by atoms with E-state index in [2.05, 4.69) is 29.2 Å². The number of rotatable bonds is 9. The molecule has 0 radical (unpaired) electrons. The molecule has 0 bridgehead atoms. The van der Waals surface area contributed by atoms with Gasteiger partial charge in [0, 0.05) is 6.08 Å². The SMILES string of the molecule is C=CC(=O)OCCCC.C=CCOC(=O)C(C(C)=O)C(C)=O.C=CCl. The molecule has 7 heteroatoms. The largest absolute Gasteiger partial charge is 0.463 e. The number of hydrogen-bond donors (Lipinski definition) is 0. The highest BCUT2D eigenvalue weighted by Crippen LogP contribution is 2.03. The summed E-state index contributed by atoms with van der Waals surface area (Å²) in [5.74, 6) is -3.41. The third-order valence-corrected chi connectivity index (χ3v) is 2.30. The predicted molar refractivity (Wildman–Crippen MR) is 98.1 cm³/mol. The van der Waals surface area contributed by atoms with E-state index in [9.17, 15) is 19.2 Å². The minimum atomic E-state index is -1.28. The van der Waals surface area contributed by atoms with Crippen LogP contribution in [-0.2, 0) is 28.7 Å². The Bertz CT molecular complexity index is 442. The van der Waals surface area contributed by atoms with Crippen molar-refractivity contribution < 1.29 is 28.7 Å². The molecule has 0 aliphatic rings. The van der Waals surface area contributed by atoms with Crippen molar-refractivity contribution in [2.45, 2.75) is 33.6 Å². The van der Waals surface area contributed by atoms with Crippen molar-refractivity contribution in [3.8, 4) is 0 Å². The minimum absolute atomic E-state index is 0.00981. The van der Waals surface area contributed by atoms with Crippen molar-refractivity contribution in [1.29, 1.82) is 0 Å². The van der Waals surface area contributed by atoms with Crippen molar-refractivity contribution >= 4 is 35.1 Å². The number of ketones is 2. The lowest BCUT2D eigenvalue weighted by Crippen LogP contribution is -2.30. The normalized spacial score (nSPS) is 8.52. The third-order valence-electron chi connectivity index (χ3n) is 2.30. The number of halogens is 1. The average molecular weight is 375 g/mol. The van der Waals surface area contributed by atoms with E-state index in [1.165, 1.54) is 31.5 Å². The van der Waals surface area contributed by atoms with Crippen LogP contribution in [-0.4, -0.2) is 36.7 Å². The molecule has 25 heavy (non-hydrogen) atoms. The molecule has 0 N–H and O–H groups in total. The maximum absolute atomic E-state index is 11.1. The van der Waals surface area contributed by atoms with Gasteiger partial charge in [-0.1, -0.05) is 50.8 Å². The summed E-state index contributed by atoms with van der Waals surface area (Å²) in [5, 5.41) is 0. The smallest absolute Gasteiger partial charge is 0.330 e. The van der Waals surface area contributed by atoms with Gasteiger partial charge in [-0.3, -0.25) is 14.4 Å². The van der Waals surface area contributed by atoms with Crippen molar-refractivity contribution in [2.24, 2.45) is 5.92 Å². The molecule has 142 valence electrons. The van der Waals surface area contributed by atoms with E-state index in [-0.39, 0.29) is 12.6 Å². The molecule has 0 amide bonds. The van der Waals surface area contributed by atoms with Crippen LogP contribution in [0, 0.1) is 5.92 Å². The maximum Gasteiger partial charge on any atom is 0.330 e.